The lowest BCUT2D eigenvalue weighted by molar-refractivity contribution is 0.414. The van der Waals surface area contributed by atoms with Gasteiger partial charge >= 0.3 is 0 Å². The highest BCUT2D eigenvalue weighted by Crippen LogP contribution is 2.19. The molecule has 0 bridgehead atoms. The first-order valence-corrected chi connectivity index (χ1v) is 7.36. The predicted molar refractivity (Wildman–Crippen MR) is 86.9 cm³/mol. The summed E-state index contributed by atoms with van der Waals surface area (Å²) in [6.07, 6.45) is 0.933. The molecule has 3 aromatic rings. The molecule has 0 fully saturated rings. The predicted octanol–water partition coefficient (Wildman–Crippen LogP) is 3.50. The van der Waals surface area contributed by atoms with Crippen molar-refractivity contribution in [1.82, 2.24) is 14.8 Å². The fourth-order valence-electron chi connectivity index (χ4n) is 2.48. The van der Waals surface area contributed by atoms with Crippen LogP contribution >= 0.6 is 0 Å². The van der Waals surface area contributed by atoms with E-state index in [9.17, 15) is 0 Å². The zero-order chi connectivity index (χ0) is 15.4. The van der Waals surface area contributed by atoms with Crippen molar-refractivity contribution in [3.63, 3.8) is 0 Å². The Morgan fingerprint density at radius 3 is 2.36 bits per heavy atom. The van der Waals surface area contributed by atoms with Crippen molar-refractivity contribution in [3.8, 4) is 17.1 Å². The van der Waals surface area contributed by atoms with Crippen LogP contribution in [0.25, 0.3) is 11.4 Å². The highest BCUT2D eigenvalue weighted by molar-refractivity contribution is 5.54. The van der Waals surface area contributed by atoms with Crippen molar-refractivity contribution in [2.24, 2.45) is 0 Å². The van der Waals surface area contributed by atoms with E-state index in [-0.39, 0.29) is 0 Å². The molecule has 0 unspecified atom stereocenters. The number of hydrogen-bond acceptors (Lipinski definition) is 3. The smallest absolute Gasteiger partial charge is 0.163 e. The van der Waals surface area contributed by atoms with E-state index in [4.69, 9.17) is 4.74 Å². The number of methoxy groups -OCH3 is 1. The summed E-state index contributed by atoms with van der Waals surface area (Å²) in [4.78, 5) is 0. The third-order valence-electron chi connectivity index (χ3n) is 3.75. The fraction of sp³-hybridized carbons (Fsp3) is 0.222. The van der Waals surface area contributed by atoms with Crippen molar-refractivity contribution < 1.29 is 4.74 Å². The van der Waals surface area contributed by atoms with E-state index in [1.54, 1.807) is 7.11 Å². The number of ether oxygens (including phenoxy) is 1. The van der Waals surface area contributed by atoms with Crippen LogP contribution in [-0.4, -0.2) is 21.9 Å². The second-order valence-corrected chi connectivity index (χ2v) is 5.19. The maximum atomic E-state index is 5.19. The van der Waals surface area contributed by atoms with Crippen LogP contribution in [0.2, 0.25) is 0 Å². The van der Waals surface area contributed by atoms with Gasteiger partial charge < -0.3 is 9.30 Å². The number of hydrogen-bond donors (Lipinski definition) is 0. The van der Waals surface area contributed by atoms with Gasteiger partial charge in [0, 0.05) is 12.1 Å². The summed E-state index contributed by atoms with van der Waals surface area (Å²) in [7, 11) is 1.68. The molecule has 1 aromatic heterocycles. The Bertz CT molecular complexity index is 733. The largest absolute Gasteiger partial charge is 0.497 e. The molecule has 3 rings (SSSR count). The lowest BCUT2D eigenvalue weighted by Gasteiger charge is -2.09. The third-order valence-corrected chi connectivity index (χ3v) is 3.75. The molecule has 0 radical (unpaired) electrons. The molecule has 0 saturated heterocycles. The van der Waals surface area contributed by atoms with Crippen LogP contribution in [0.5, 0.6) is 5.75 Å². The first kappa shape index (κ1) is 14.3. The van der Waals surface area contributed by atoms with Crippen LogP contribution in [0, 0.1) is 6.92 Å². The van der Waals surface area contributed by atoms with Gasteiger partial charge in [0.25, 0.3) is 0 Å². The summed E-state index contributed by atoms with van der Waals surface area (Å²) in [5.74, 6) is 2.74. The SMILES string of the molecule is COc1ccc(CCn2c(C)nnc2-c2ccccc2)cc1. The van der Waals surface area contributed by atoms with Gasteiger partial charge in [0.05, 0.1) is 7.11 Å². The molecule has 1 heterocycles. The Morgan fingerprint density at radius 2 is 1.68 bits per heavy atom. The summed E-state index contributed by atoms with van der Waals surface area (Å²) in [5.41, 5.74) is 2.37. The second kappa shape index (κ2) is 6.43. The summed E-state index contributed by atoms with van der Waals surface area (Å²) in [6.45, 7) is 2.85. The van der Waals surface area contributed by atoms with E-state index in [0.29, 0.717) is 0 Å². The molecule has 112 valence electrons. The van der Waals surface area contributed by atoms with E-state index in [2.05, 4.69) is 39.0 Å². The zero-order valence-corrected chi connectivity index (χ0v) is 12.9. The van der Waals surface area contributed by atoms with Crippen LogP contribution in [0.4, 0.5) is 0 Å². The van der Waals surface area contributed by atoms with Crippen molar-refractivity contribution in [1.29, 1.82) is 0 Å². The quantitative estimate of drug-likeness (QED) is 0.723. The third kappa shape index (κ3) is 3.01. The number of benzene rings is 2. The molecule has 0 spiro atoms. The maximum Gasteiger partial charge on any atom is 0.163 e. The van der Waals surface area contributed by atoms with E-state index in [0.717, 1.165) is 35.9 Å². The van der Waals surface area contributed by atoms with Crippen LogP contribution in [0.15, 0.2) is 54.6 Å². The Hall–Kier alpha value is -2.62. The maximum absolute atomic E-state index is 5.19. The lowest BCUT2D eigenvalue weighted by Crippen LogP contribution is -2.05. The van der Waals surface area contributed by atoms with Gasteiger partial charge in [-0.1, -0.05) is 42.5 Å². The molecule has 2 aromatic carbocycles. The fourth-order valence-corrected chi connectivity index (χ4v) is 2.48. The molecule has 0 atom stereocenters. The van der Waals surface area contributed by atoms with Crippen molar-refractivity contribution in [3.05, 3.63) is 66.0 Å². The van der Waals surface area contributed by atoms with Crippen LogP contribution < -0.4 is 4.74 Å². The topological polar surface area (TPSA) is 39.9 Å². The van der Waals surface area contributed by atoms with Gasteiger partial charge in [-0.05, 0) is 31.0 Å². The van der Waals surface area contributed by atoms with E-state index in [1.165, 1.54) is 5.56 Å². The first-order chi connectivity index (χ1) is 10.8. The van der Waals surface area contributed by atoms with Gasteiger partial charge in [-0.3, -0.25) is 0 Å². The molecule has 22 heavy (non-hydrogen) atoms. The summed E-state index contributed by atoms with van der Waals surface area (Å²) in [6, 6.07) is 18.4. The highest BCUT2D eigenvalue weighted by atomic mass is 16.5. The average molecular weight is 293 g/mol. The van der Waals surface area contributed by atoms with Crippen LogP contribution in [-0.2, 0) is 13.0 Å². The minimum absolute atomic E-state index is 0.857. The zero-order valence-electron chi connectivity index (χ0n) is 12.9. The number of rotatable bonds is 5. The molecule has 0 saturated carbocycles. The summed E-state index contributed by atoms with van der Waals surface area (Å²) >= 11 is 0. The van der Waals surface area contributed by atoms with Gasteiger partial charge in [0.15, 0.2) is 5.82 Å². The molecule has 0 amide bonds. The minimum Gasteiger partial charge on any atom is -0.497 e. The van der Waals surface area contributed by atoms with Crippen molar-refractivity contribution >= 4 is 0 Å². The minimum atomic E-state index is 0.857. The first-order valence-electron chi connectivity index (χ1n) is 7.36. The number of aryl methyl sites for hydroxylation is 2. The molecular weight excluding hydrogens is 274 g/mol. The van der Waals surface area contributed by atoms with Crippen molar-refractivity contribution in [2.45, 2.75) is 19.9 Å². The molecule has 4 heteroatoms. The normalized spacial score (nSPS) is 10.6. The Morgan fingerprint density at radius 1 is 0.955 bits per heavy atom. The molecule has 4 nitrogen and oxygen atoms in total. The Balaban J connectivity index is 1.79. The van der Waals surface area contributed by atoms with Crippen LogP contribution in [0.3, 0.4) is 0 Å². The van der Waals surface area contributed by atoms with Crippen molar-refractivity contribution in [2.75, 3.05) is 7.11 Å². The van der Waals surface area contributed by atoms with E-state index in [1.807, 2.05) is 37.3 Å². The lowest BCUT2D eigenvalue weighted by atomic mass is 10.1. The molecule has 0 aliphatic carbocycles. The van der Waals surface area contributed by atoms with Crippen LogP contribution in [0.1, 0.15) is 11.4 Å². The Kier molecular flexibility index (Phi) is 4.19. The highest BCUT2D eigenvalue weighted by Gasteiger charge is 2.10. The summed E-state index contributed by atoms with van der Waals surface area (Å²) < 4.78 is 7.36. The second-order valence-electron chi connectivity index (χ2n) is 5.19. The van der Waals surface area contributed by atoms with Gasteiger partial charge in [0.2, 0.25) is 0 Å². The van der Waals surface area contributed by atoms with Gasteiger partial charge in [-0.15, -0.1) is 10.2 Å². The Labute approximate surface area is 130 Å². The van der Waals surface area contributed by atoms with Gasteiger partial charge in [0.1, 0.15) is 11.6 Å². The monoisotopic (exact) mass is 293 g/mol. The summed E-state index contributed by atoms with van der Waals surface area (Å²) in [5, 5.41) is 8.54. The van der Waals surface area contributed by atoms with E-state index >= 15 is 0 Å². The average Bonchev–Trinajstić information content (AvgIpc) is 2.95. The molecule has 0 aliphatic heterocycles. The van der Waals surface area contributed by atoms with E-state index < -0.39 is 0 Å². The molecular formula is C18H19N3O. The number of nitrogens with zero attached hydrogens (tertiary/aromatic N) is 3. The standard InChI is InChI=1S/C18H19N3O/c1-14-19-20-18(16-6-4-3-5-7-16)21(14)13-12-15-8-10-17(22-2)11-9-15/h3-11H,12-13H2,1-2H3. The van der Waals surface area contributed by atoms with Gasteiger partial charge in [-0.25, -0.2) is 0 Å². The molecule has 0 aliphatic rings. The van der Waals surface area contributed by atoms with Gasteiger partial charge in [-0.2, -0.15) is 0 Å². The molecule has 0 N–H and O–H groups in total. The number of aromatic nitrogens is 3.